The van der Waals surface area contributed by atoms with E-state index in [9.17, 15) is 0 Å². The molecule has 318 valence electrons. The Labute approximate surface area is 400 Å². The molecule has 1 aromatic heterocycles. The van der Waals surface area contributed by atoms with E-state index in [-0.39, 0.29) is 5.41 Å². The largest absolute Gasteiger partial charge is 0.311 e. The Balaban J connectivity index is 0.906. The van der Waals surface area contributed by atoms with E-state index in [0.29, 0.717) is 0 Å². The third-order valence-corrected chi connectivity index (χ3v) is 16.4. The summed E-state index contributed by atoms with van der Waals surface area (Å²) in [5, 5.41) is 2.60. The number of hydrogen-bond donors (Lipinski definition) is 0. The predicted octanol–water partition coefficient (Wildman–Crippen LogP) is 18.2. The zero-order chi connectivity index (χ0) is 44.6. The van der Waals surface area contributed by atoms with Crippen molar-refractivity contribution in [2.24, 2.45) is 0 Å². The van der Waals surface area contributed by atoms with Crippen molar-refractivity contribution in [3.63, 3.8) is 0 Å². The highest BCUT2D eigenvalue weighted by molar-refractivity contribution is 8.05. The van der Waals surface area contributed by atoms with Gasteiger partial charge in [0.1, 0.15) is 0 Å². The van der Waals surface area contributed by atoms with Crippen molar-refractivity contribution in [3.8, 4) is 50.2 Å². The molecule has 10 aromatic carbocycles. The van der Waals surface area contributed by atoms with Crippen molar-refractivity contribution in [3.05, 3.63) is 242 Å². The first kappa shape index (κ1) is 39.8. The molecule has 0 spiro atoms. The van der Waals surface area contributed by atoms with Crippen molar-refractivity contribution >= 4 is 62.4 Å². The van der Waals surface area contributed by atoms with E-state index in [1.165, 1.54) is 103 Å². The predicted molar refractivity (Wildman–Crippen MR) is 284 cm³/mol. The van der Waals surface area contributed by atoms with E-state index in [1.54, 1.807) is 0 Å². The monoisotopic (exact) mass is 892 g/mol. The normalized spacial score (nSPS) is 13.2. The second-order valence-electron chi connectivity index (χ2n) is 18.1. The number of aromatic nitrogens is 1. The third-order valence-electron chi connectivity index (χ3n) is 13.9. The van der Waals surface area contributed by atoms with Gasteiger partial charge in [0.2, 0.25) is 0 Å². The lowest BCUT2D eigenvalue weighted by Gasteiger charge is -2.26. The molecule has 0 bridgehead atoms. The quantitative estimate of drug-likeness (QED) is 0.158. The second-order valence-corrected chi connectivity index (χ2v) is 20.2. The highest BCUT2D eigenvalue weighted by Crippen LogP contribution is 2.56. The highest BCUT2D eigenvalue weighted by atomic mass is 32.2. The SMILES string of the molecule is CC1(C)c2ccccc2-c2ccc3c4ccc5c(c4n(-c4ccc(-c6ccc(N(c7ccc(-c8ccccc8)cc7)c7ccc(-c8ccccc8)cc7)cc6)cc4)c3c21)Sc1ccccc1S5. The maximum atomic E-state index is 2.59. The molecule has 4 heteroatoms. The van der Waals surface area contributed by atoms with E-state index in [2.05, 4.69) is 254 Å². The summed E-state index contributed by atoms with van der Waals surface area (Å²) in [4.78, 5) is 7.62. The number of anilines is 3. The van der Waals surface area contributed by atoms with Crippen LogP contribution >= 0.6 is 23.5 Å². The van der Waals surface area contributed by atoms with E-state index in [4.69, 9.17) is 0 Å². The van der Waals surface area contributed by atoms with Gasteiger partial charge in [0, 0.05) is 53.6 Å². The summed E-state index contributed by atoms with van der Waals surface area (Å²) in [5.74, 6) is 0. The van der Waals surface area contributed by atoms with Crippen molar-refractivity contribution in [1.82, 2.24) is 4.57 Å². The van der Waals surface area contributed by atoms with E-state index in [1.807, 2.05) is 23.5 Å². The van der Waals surface area contributed by atoms with Crippen molar-refractivity contribution in [2.75, 3.05) is 4.90 Å². The van der Waals surface area contributed by atoms with Crippen LogP contribution in [0.5, 0.6) is 0 Å². The van der Waals surface area contributed by atoms with Gasteiger partial charge in [0.05, 0.1) is 15.9 Å². The fourth-order valence-electron chi connectivity index (χ4n) is 10.6. The molecule has 0 amide bonds. The van der Waals surface area contributed by atoms with Gasteiger partial charge in [0.15, 0.2) is 0 Å². The van der Waals surface area contributed by atoms with Crippen LogP contribution in [0.3, 0.4) is 0 Å². The van der Waals surface area contributed by atoms with Gasteiger partial charge in [-0.2, -0.15) is 0 Å². The maximum absolute atomic E-state index is 2.59. The van der Waals surface area contributed by atoms with Crippen LogP contribution in [0.15, 0.2) is 250 Å². The third kappa shape index (κ3) is 6.58. The molecule has 1 aliphatic carbocycles. The standard InChI is InChI=1S/C63H44N2S2/c1-63(2)55-18-10-9-17-51(55)52-37-38-53-54-39-40-58-62(67-57-20-12-11-19-56(57)66-58)61(54)65(60(53)59(52)63)50-35-27-46(28-36-50)45-25-33-49(34-26-45)64(47-29-21-43(22-30-47)41-13-5-3-6-14-41)48-31-23-44(24-32-48)42-15-7-4-8-16-42/h3-40H,1-2H3. The molecular formula is C63H44N2S2. The maximum Gasteiger partial charge on any atom is 0.0692 e. The van der Waals surface area contributed by atoms with Gasteiger partial charge in [-0.15, -0.1) is 0 Å². The lowest BCUT2D eigenvalue weighted by molar-refractivity contribution is 0.664. The summed E-state index contributed by atoms with van der Waals surface area (Å²) in [6.07, 6.45) is 0. The summed E-state index contributed by atoms with van der Waals surface area (Å²) >= 11 is 3.80. The average Bonchev–Trinajstić information content (AvgIpc) is 3.85. The van der Waals surface area contributed by atoms with Crippen LogP contribution in [0.25, 0.3) is 72.0 Å². The molecule has 0 saturated heterocycles. The molecule has 2 nitrogen and oxygen atoms in total. The number of nitrogens with zero attached hydrogens (tertiary/aromatic N) is 2. The molecule has 2 heterocycles. The van der Waals surface area contributed by atoms with Crippen molar-refractivity contribution < 1.29 is 0 Å². The molecule has 0 radical (unpaired) electrons. The van der Waals surface area contributed by atoms with Crippen LogP contribution in [0.4, 0.5) is 17.1 Å². The zero-order valence-electron chi connectivity index (χ0n) is 37.2. The smallest absolute Gasteiger partial charge is 0.0692 e. The minimum Gasteiger partial charge on any atom is -0.311 e. The molecular weight excluding hydrogens is 849 g/mol. The Kier molecular flexibility index (Phi) is 9.42. The summed E-state index contributed by atoms with van der Waals surface area (Å²) in [6, 6.07) is 84.6. The number of rotatable bonds is 7. The van der Waals surface area contributed by atoms with E-state index in [0.717, 1.165) is 17.1 Å². The highest BCUT2D eigenvalue weighted by Gasteiger charge is 2.39. The van der Waals surface area contributed by atoms with Gasteiger partial charge in [-0.05, 0) is 122 Å². The first-order valence-corrected chi connectivity index (χ1v) is 24.6. The molecule has 2 aliphatic rings. The summed E-state index contributed by atoms with van der Waals surface area (Å²) < 4.78 is 2.59. The van der Waals surface area contributed by atoms with Gasteiger partial charge >= 0.3 is 0 Å². The molecule has 1 aliphatic heterocycles. The van der Waals surface area contributed by atoms with Gasteiger partial charge < -0.3 is 9.47 Å². The van der Waals surface area contributed by atoms with Gasteiger partial charge in [-0.25, -0.2) is 0 Å². The lowest BCUT2D eigenvalue weighted by Crippen LogP contribution is -2.16. The lowest BCUT2D eigenvalue weighted by atomic mass is 9.81. The molecule has 0 N–H and O–H groups in total. The number of hydrogen-bond acceptors (Lipinski definition) is 3. The van der Waals surface area contributed by atoms with E-state index >= 15 is 0 Å². The Morgan fingerprint density at radius 3 is 1.37 bits per heavy atom. The fraction of sp³-hybridized carbons (Fsp3) is 0.0476. The molecule has 67 heavy (non-hydrogen) atoms. The van der Waals surface area contributed by atoms with Gasteiger partial charge in [-0.1, -0.05) is 201 Å². The second kappa shape index (κ2) is 15.8. The Morgan fingerprint density at radius 2 is 0.806 bits per heavy atom. The van der Waals surface area contributed by atoms with Crippen molar-refractivity contribution in [1.29, 1.82) is 0 Å². The molecule has 0 atom stereocenters. The number of benzene rings is 10. The van der Waals surface area contributed by atoms with Crippen LogP contribution < -0.4 is 4.90 Å². The van der Waals surface area contributed by atoms with Gasteiger partial charge in [0.25, 0.3) is 0 Å². The van der Waals surface area contributed by atoms with Crippen molar-refractivity contribution in [2.45, 2.75) is 38.8 Å². The van der Waals surface area contributed by atoms with Crippen LogP contribution in [0, 0.1) is 0 Å². The fourth-order valence-corrected chi connectivity index (χ4v) is 13.0. The van der Waals surface area contributed by atoms with E-state index < -0.39 is 0 Å². The summed E-state index contributed by atoms with van der Waals surface area (Å²) in [6.45, 7) is 4.81. The number of fused-ring (bicyclic) bond motifs is 10. The Morgan fingerprint density at radius 1 is 0.358 bits per heavy atom. The minimum atomic E-state index is -0.171. The average molecular weight is 893 g/mol. The Bertz CT molecular complexity index is 3580. The molecule has 0 saturated carbocycles. The molecule has 13 rings (SSSR count). The van der Waals surface area contributed by atoms with Gasteiger partial charge in [-0.3, -0.25) is 0 Å². The van der Waals surface area contributed by atoms with Crippen LogP contribution in [0.2, 0.25) is 0 Å². The Hall–Kier alpha value is -7.50. The summed E-state index contributed by atoms with van der Waals surface area (Å²) in [7, 11) is 0. The molecule has 11 aromatic rings. The zero-order valence-corrected chi connectivity index (χ0v) is 38.8. The molecule has 0 unspecified atom stereocenters. The van der Waals surface area contributed by atoms with Crippen LogP contribution in [0.1, 0.15) is 25.0 Å². The molecule has 0 fully saturated rings. The van der Waals surface area contributed by atoms with Crippen LogP contribution in [-0.2, 0) is 5.41 Å². The first-order valence-electron chi connectivity index (χ1n) is 23.0. The topological polar surface area (TPSA) is 8.17 Å². The first-order chi connectivity index (χ1) is 33.0. The summed E-state index contributed by atoms with van der Waals surface area (Å²) in [5.41, 5.74) is 19.5. The minimum absolute atomic E-state index is 0.171. The van der Waals surface area contributed by atoms with Crippen LogP contribution in [-0.4, -0.2) is 4.57 Å².